The highest BCUT2D eigenvalue weighted by Crippen LogP contribution is 2.33. The molecule has 8 nitrogen and oxygen atoms in total. The van der Waals surface area contributed by atoms with E-state index in [1.807, 2.05) is 27.7 Å². The number of hydrogen-bond donors (Lipinski definition) is 0. The molecule has 2 aromatic heterocycles. The minimum absolute atomic E-state index is 0.00831. The SMILES string of the molecule is Cn1c(=O)c2c(nc3n2CCN3c2cccc(OCc3c(F)cccc3Cl)c2)n(C)c1=O. The molecule has 0 atom stereocenters. The number of anilines is 2. The largest absolute Gasteiger partial charge is 0.489 e. The zero-order valence-electron chi connectivity index (χ0n) is 17.4. The van der Waals surface area contributed by atoms with Crippen LogP contribution in [0.2, 0.25) is 5.02 Å². The minimum Gasteiger partial charge on any atom is -0.489 e. The normalized spacial score (nSPS) is 13.1. The first-order valence-electron chi connectivity index (χ1n) is 9.96. The van der Waals surface area contributed by atoms with Gasteiger partial charge in [0.1, 0.15) is 18.2 Å². The average molecular weight is 456 g/mol. The van der Waals surface area contributed by atoms with E-state index in [0.29, 0.717) is 46.5 Å². The number of ether oxygens (including phenoxy) is 1. The molecule has 32 heavy (non-hydrogen) atoms. The molecule has 5 rings (SSSR count). The molecule has 0 radical (unpaired) electrons. The summed E-state index contributed by atoms with van der Waals surface area (Å²) in [5, 5.41) is 0.307. The van der Waals surface area contributed by atoms with E-state index < -0.39 is 11.5 Å². The first-order chi connectivity index (χ1) is 15.4. The van der Waals surface area contributed by atoms with Crippen molar-refractivity contribution < 1.29 is 9.13 Å². The van der Waals surface area contributed by atoms with Crippen molar-refractivity contribution in [3.05, 3.63) is 79.7 Å². The smallest absolute Gasteiger partial charge is 0.332 e. The van der Waals surface area contributed by atoms with Crippen LogP contribution in [0.25, 0.3) is 11.2 Å². The Morgan fingerprint density at radius 3 is 2.66 bits per heavy atom. The van der Waals surface area contributed by atoms with Crippen molar-refractivity contribution in [2.24, 2.45) is 14.1 Å². The molecule has 3 heterocycles. The second-order valence-electron chi connectivity index (χ2n) is 7.58. The van der Waals surface area contributed by atoms with Crippen LogP contribution in [0.3, 0.4) is 0 Å². The highest BCUT2D eigenvalue weighted by Gasteiger charge is 2.28. The van der Waals surface area contributed by atoms with E-state index in [1.165, 1.54) is 17.7 Å². The lowest BCUT2D eigenvalue weighted by molar-refractivity contribution is 0.300. The molecule has 0 amide bonds. The number of benzene rings is 2. The molecule has 2 aromatic carbocycles. The van der Waals surface area contributed by atoms with Crippen LogP contribution in [0, 0.1) is 5.82 Å². The third-order valence-corrected chi connectivity index (χ3v) is 6.04. The van der Waals surface area contributed by atoms with E-state index >= 15 is 0 Å². The highest BCUT2D eigenvalue weighted by molar-refractivity contribution is 6.31. The van der Waals surface area contributed by atoms with E-state index in [4.69, 9.17) is 16.3 Å². The second kappa shape index (κ2) is 7.52. The molecule has 0 fully saturated rings. The Morgan fingerprint density at radius 1 is 1.09 bits per heavy atom. The van der Waals surface area contributed by atoms with Crippen molar-refractivity contribution in [3.8, 4) is 5.75 Å². The van der Waals surface area contributed by atoms with Crippen molar-refractivity contribution in [2.75, 3.05) is 11.4 Å². The molecule has 0 aliphatic carbocycles. The van der Waals surface area contributed by atoms with E-state index in [1.54, 1.807) is 25.2 Å². The van der Waals surface area contributed by atoms with Crippen LogP contribution < -0.4 is 20.9 Å². The number of halogens is 2. The van der Waals surface area contributed by atoms with Gasteiger partial charge in [0.15, 0.2) is 11.2 Å². The van der Waals surface area contributed by atoms with Crippen molar-refractivity contribution in [2.45, 2.75) is 13.2 Å². The molecule has 0 saturated heterocycles. The summed E-state index contributed by atoms with van der Waals surface area (Å²) >= 11 is 6.08. The summed E-state index contributed by atoms with van der Waals surface area (Å²) in [6.45, 7) is 1.15. The monoisotopic (exact) mass is 455 g/mol. The molecule has 0 unspecified atom stereocenters. The van der Waals surface area contributed by atoms with Gasteiger partial charge in [0.25, 0.3) is 5.56 Å². The summed E-state index contributed by atoms with van der Waals surface area (Å²) in [4.78, 5) is 31.5. The van der Waals surface area contributed by atoms with E-state index in [2.05, 4.69) is 4.98 Å². The van der Waals surface area contributed by atoms with Gasteiger partial charge in [0.05, 0.1) is 5.02 Å². The molecule has 1 aliphatic heterocycles. The van der Waals surface area contributed by atoms with Crippen molar-refractivity contribution in [1.82, 2.24) is 18.7 Å². The fourth-order valence-corrected chi connectivity index (χ4v) is 4.18. The summed E-state index contributed by atoms with van der Waals surface area (Å²) in [5.74, 6) is 0.696. The van der Waals surface area contributed by atoms with Gasteiger partial charge in [-0.15, -0.1) is 0 Å². The summed E-state index contributed by atoms with van der Waals surface area (Å²) < 4.78 is 24.1. The Labute approximate surface area is 186 Å². The van der Waals surface area contributed by atoms with Gasteiger partial charge in [0.2, 0.25) is 5.95 Å². The Morgan fingerprint density at radius 2 is 1.88 bits per heavy atom. The van der Waals surface area contributed by atoms with Crippen LogP contribution in [-0.2, 0) is 27.2 Å². The molecular formula is C22H19ClFN5O3. The minimum atomic E-state index is -0.423. The lowest BCUT2D eigenvalue weighted by atomic mass is 10.2. The van der Waals surface area contributed by atoms with Gasteiger partial charge in [0, 0.05) is 44.5 Å². The van der Waals surface area contributed by atoms with E-state index in [-0.39, 0.29) is 12.2 Å². The Hall–Kier alpha value is -3.59. The molecule has 0 saturated carbocycles. The molecule has 1 aliphatic rings. The van der Waals surface area contributed by atoms with Crippen molar-refractivity contribution in [3.63, 3.8) is 0 Å². The summed E-state index contributed by atoms with van der Waals surface area (Å²) in [5.41, 5.74) is 1.04. The fraction of sp³-hybridized carbons (Fsp3) is 0.227. The quantitative estimate of drug-likeness (QED) is 0.473. The molecule has 0 bridgehead atoms. The maximum absolute atomic E-state index is 14.0. The Kier molecular flexibility index (Phi) is 4.78. The van der Waals surface area contributed by atoms with Crippen LogP contribution in [-0.4, -0.2) is 25.2 Å². The number of nitrogens with zero attached hydrogens (tertiary/aromatic N) is 5. The third-order valence-electron chi connectivity index (χ3n) is 5.69. The number of fused-ring (bicyclic) bond motifs is 3. The lowest BCUT2D eigenvalue weighted by Gasteiger charge is -2.17. The predicted octanol–water partition coefficient (Wildman–Crippen LogP) is 2.96. The van der Waals surface area contributed by atoms with Crippen LogP contribution in [0.4, 0.5) is 16.0 Å². The number of hydrogen-bond acceptors (Lipinski definition) is 5. The van der Waals surface area contributed by atoms with Gasteiger partial charge in [-0.05, 0) is 24.3 Å². The zero-order chi connectivity index (χ0) is 22.6. The van der Waals surface area contributed by atoms with E-state index in [9.17, 15) is 14.0 Å². The van der Waals surface area contributed by atoms with Gasteiger partial charge >= 0.3 is 5.69 Å². The highest BCUT2D eigenvalue weighted by atomic mass is 35.5. The molecule has 164 valence electrons. The Bertz CT molecular complexity index is 1470. The average Bonchev–Trinajstić information content (AvgIpc) is 3.35. The lowest BCUT2D eigenvalue weighted by Crippen LogP contribution is -2.37. The molecule has 0 N–H and O–H groups in total. The summed E-state index contributed by atoms with van der Waals surface area (Å²) in [6, 6.07) is 11.8. The maximum Gasteiger partial charge on any atom is 0.332 e. The first-order valence-corrected chi connectivity index (χ1v) is 10.3. The molecular weight excluding hydrogens is 437 g/mol. The number of aryl methyl sites for hydroxylation is 1. The maximum atomic E-state index is 14.0. The van der Waals surface area contributed by atoms with Gasteiger partial charge in [-0.25, -0.2) is 9.18 Å². The Balaban J connectivity index is 1.49. The summed E-state index contributed by atoms with van der Waals surface area (Å²) in [6.07, 6.45) is 0. The molecule has 10 heteroatoms. The van der Waals surface area contributed by atoms with Crippen LogP contribution in [0.15, 0.2) is 52.1 Å². The van der Waals surface area contributed by atoms with Gasteiger partial charge < -0.3 is 14.2 Å². The van der Waals surface area contributed by atoms with Gasteiger partial charge in [-0.3, -0.25) is 13.9 Å². The predicted molar refractivity (Wildman–Crippen MR) is 119 cm³/mol. The fourth-order valence-electron chi connectivity index (χ4n) is 3.96. The number of rotatable bonds is 4. The van der Waals surface area contributed by atoms with Gasteiger partial charge in [-0.1, -0.05) is 23.7 Å². The molecule has 0 spiro atoms. The standard InChI is InChI=1S/C22H19ClFN5O3/c1-26-19-18(20(30)27(2)22(26)31)29-10-9-28(21(29)25-19)13-5-3-6-14(11-13)32-12-15-16(23)7-4-8-17(15)24/h3-8,11H,9-10,12H2,1-2H3. The number of imidazole rings is 1. The van der Waals surface area contributed by atoms with Crippen LogP contribution in [0.1, 0.15) is 5.56 Å². The first kappa shape index (κ1) is 20.3. The van der Waals surface area contributed by atoms with Crippen LogP contribution >= 0.6 is 11.6 Å². The van der Waals surface area contributed by atoms with Gasteiger partial charge in [-0.2, -0.15) is 4.98 Å². The third kappa shape index (κ3) is 3.08. The van der Waals surface area contributed by atoms with Crippen molar-refractivity contribution in [1.29, 1.82) is 0 Å². The molecule has 4 aromatic rings. The summed E-state index contributed by atoms with van der Waals surface area (Å²) in [7, 11) is 3.05. The second-order valence-corrected chi connectivity index (χ2v) is 7.99. The number of aromatic nitrogens is 4. The van der Waals surface area contributed by atoms with Crippen LogP contribution in [0.5, 0.6) is 5.75 Å². The zero-order valence-corrected chi connectivity index (χ0v) is 18.1. The van der Waals surface area contributed by atoms with E-state index in [0.717, 1.165) is 10.3 Å². The topological polar surface area (TPSA) is 74.3 Å². The van der Waals surface area contributed by atoms with Crippen molar-refractivity contribution >= 4 is 34.4 Å².